The van der Waals surface area contributed by atoms with Crippen molar-refractivity contribution in [2.45, 2.75) is 19.8 Å². The van der Waals surface area contributed by atoms with Crippen LogP contribution < -0.4 is 10.9 Å². The predicted molar refractivity (Wildman–Crippen MR) is 106 cm³/mol. The van der Waals surface area contributed by atoms with Gasteiger partial charge in [0, 0.05) is 10.9 Å². The Morgan fingerprint density at radius 1 is 1.12 bits per heavy atom. The molecule has 0 atom stereocenters. The molecule has 0 saturated heterocycles. The largest absolute Gasteiger partial charge is 0.273 e. The van der Waals surface area contributed by atoms with Crippen molar-refractivity contribution in [3.63, 3.8) is 0 Å². The molecule has 1 aromatic carbocycles. The van der Waals surface area contributed by atoms with E-state index in [0.29, 0.717) is 15.6 Å². The van der Waals surface area contributed by atoms with E-state index in [2.05, 4.69) is 15.8 Å². The topological polar surface area (TPSA) is 71.1 Å². The molecule has 134 valence electrons. The van der Waals surface area contributed by atoms with E-state index < -0.39 is 0 Å². The summed E-state index contributed by atoms with van der Waals surface area (Å²) >= 11 is 8.83. The minimum absolute atomic E-state index is 0.0880. The van der Waals surface area contributed by atoms with E-state index in [0.717, 1.165) is 21.9 Å². The van der Waals surface area contributed by atoms with Gasteiger partial charge in [0.1, 0.15) is 5.01 Å². The molecule has 0 radical (unpaired) electrons. The van der Waals surface area contributed by atoms with Gasteiger partial charge >= 0.3 is 0 Å². The summed E-state index contributed by atoms with van der Waals surface area (Å²) in [6, 6.07) is 11.0. The van der Waals surface area contributed by atoms with Gasteiger partial charge in [0.25, 0.3) is 5.91 Å². The number of aryl methyl sites for hydroxylation is 1. The molecule has 3 aromatic rings. The first kappa shape index (κ1) is 18.6. The third-order valence-corrected chi connectivity index (χ3v) is 5.91. The Morgan fingerprint density at radius 2 is 1.88 bits per heavy atom. The molecule has 2 amide bonds. The lowest BCUT2D eigenvalue weighted by Gasteiger charge is -2.07. The molecule has 26 heavy (non-hydrogen) atoms. The van der Waals surface area contributed by atoms with Crippen LogP contribution in [0.1, 0.15) is 28.5 Å². The highest BCUT2D eigenvalue weighted by atomic mass is 35.5. The molecule has 0 spiro atoms. The van der Waals surface area contributed by atoms with Crippen molar-refractivity contribution in [1.29, 1.82) is 0 Å². The first-order chi connectivity index (χ1) is 12.5. The number of amides is 2. The summed E-state index contributed by atoms with van der Waals surface area (Å²) in [5, 5.41) is 2.65. The van der Waals surface area contributed by atoms with Crippen LogP contribution in [0.5, 0.6) is 0 Å². The minimum Gasteiger partial charge on any atom is -0.273 e. The number of thiazole rings is 1. The third-order valence-electron chi connectivity index (χ3n) is 3.62. The highest BCUT2D eigenvalue weighted by molar-refractivity contribution is 7.23. The predicted octanol–water partition coefficient (Wildman–Crippen LogP) is 4.09. The van der Waals surface area contributed by atoms with Gasteiger partial charge in [0.2, 0.25) is 5.91 Å². The van der Waals surface area contributed by atoms with Crippen LogP contribution in [0.3, 0.4) is 0 Å². The van der Waals surface area contributed by atoms with E-state index in [1.165, 1.54) is 22.7 Å². The lowest BCUT2D eigenvalue weighted by molar-refractivity contribution is -0.121. The summed E-state index contributed by atoms with van der Waals surface area (Å²) in [5.74, 6) is -0.683. The van der Waals surface area contributed by atoms with Crippen LogP contribution in [0.2, 0.25) is 4.34 Å². The van der Waals surface area contributed by atoms with Crippen LogP contribution in [0.25, 0.3) is 9.88 Å². The maximum Gasteiger partial charge on any atom is 0.269 e. The van der Waals surface area contributed by atoms with Gasteiger partial charge < -0.3 is 0 Å². The number of halogens is 1. The van der Waals surface area contributed by atoms with Crippen LogP contribution in [0, 0.1) is 0 Å². The number of hydrogen-bond acceptors (Lipinski definition) is 5. The van der Waals surface area contributed by atoms with Crippen molar-refractivity contribution in [3.8, 4) is 9.88 Å². The van der Waals surface area contributed by atoms with E-state index in [1.54, 1.807) is 12.1 Å². The summed E-state index contributed by atoms with van der Waals surface area (Å²) in [6.07, 6.45) is 0.997. The first-order valence-corrected chi connectivity index (χ1v) is 10.0. The van der Waals surface area contributed by atoms with Crippen LogP contribution in [0.4, 0.5) is 0 Å². The van der Waals surface area contributed by atoms with E-state index in [9.17, 15) is 9.59 Å². The highest BCUT2D eigenvalue weighted by Crippen LogP contribution is 2.32. The fourth-order valence-corrected chi connectivity index (χ4v) is 4.16. The quantitative estimate of drug-likeness (QED) is 0.628. The number of hydrogen-bond donors (Lipinski definition) is 2. The van der Waals surface area contributed by atoms with Crippen LogP contribution in [-0.2, 0) is 17.6 Å². The number of nitrogens with one attached hydrogen (secondary N) is 2. The second kappa shape index (κ2) is 8.44. The molecule has 0 saturated carbocycles. The third kappa shape index (κ3) is 4.69. The zero-order valence-corrected chi connectivity index (χ0v) is 16.3. The Balaban J connectivity index is 1.52. The fraction of sp³-hybridized carbons (Fsp3) is 0.167. The fourth-order valence-electron chi connectivity index (χ4n) is 2.23. The molecule has 2 aromatic heterocycles. The lowest BCUT2D eigenvalue weighted by atomic mass is 10.1. The molecule has 0 aliphatic rings. The molecule has 0 aliphatic carbocycles. The lowest BCUT2D eigenvalue weighted by Crippen LogP contribution is -2.42. The molecule has 0 fully saturated rings. The summed E-state index contributed by atoms with van der Waals surface area (Å²) in [6.45, 7) is 2.05. The number of nitrogens with zero attached hydrogens (tertiary/aromatic N) is 1. The van der Waals surface area contributed by atoms with Gasteiger partial charge in [-0.2, -0.15) is 0 Å². The number of rotatable bonds is 5. The maximum absolute atomic E-state index is 12.0. The molecule has 2 N–H and O–H groups in total. The van der Waals surface area contributed by atoms with Crippen molar-refractivity contribution in [2.75, 3.05) is 0 Å². The molecule has 0 unspecified atom stereocenters. The van der Waals surface area contributed by atoms with Gasteiger partial charge in [-0.15, -0.1) is 22.7 Å². The Morgan fingerprint density at radius 3 is 2.54 bits per heavy atom. The Kier molecular flexibility index (Phi) is 6.03. The van der Waals surface area contributed by atoms with E-state index in [1.807, 2.05) is 36.6 Å². The molecule has 0 bridgehead atoms. The van der Waals surface area contributed by atoms with E-state index >= 15 is 0 Å². The zero-order valence-electron chi connectivity index (χ0n) is 13.9. The van der Waals surface area contributed by atoms with Crippen LogP contribution in [-0.4, -0.2) is 16.8 Å². The molecule has 2 heterocycles. The summed E-state index contributed by atoms with van der Waals surface area (Å²) < 4.78 is 0.698. The van der Waals surface area contributed by atoms with Gasteiger partial charge in [0.15, 0.2) is 0 Å². The van der Waals surface area contributed by atoms with Crippen LogP contribution >= 0.6 is 34.3 Å². The average Bonchev–Trinajstić information content (AvgIpc) is 3.28. The highest BCUT2D eigenvalue weighted by Gasteiger charge is 2.12. The summed E-state index contributed by atoms with van der Waals surface area (Å²) in [5.41, 5.74) is 7.13. The molecule has 8 heteroatoms. The van der Waals surface area contributed by atoms with Crippen molar-refractivity contribution < 1.29 is 9.59 Å². The van der Waals surface area contributed by atoms with Gasteiger partial charge in [0.05, 0.1) is 21.3 Å². The number of aromatic nitrogens is 1. The van der Waals surface area contributed by atoms with Gasteiger partial charge in [-0.05, 0) is 36.2 Å². The van der Waals surface area contributed by atoms with Crippen molar-refractivity contribution >= 4 is 46.1 Å². The van der Waals surface area contributed by atoms with Crippen molar-refractivity contribution in [2.24, 2.45) is 0 Å². The molecule has 5 nitrogen and oxygen atoms in total. The number of carbonyl (C=O) groups excluding carboxylic acids is 2. The number of thiophene rings is 1. The zero-order chi connectivity index (χ0) is 18.5. The van der Waals surface area contributed by atoms with Crippen molar-refractivity contribution in [1.82, 2.24) is 15.8 Å². The van der Waals surface area contributed by atoms with Gasteiger partial charge in [-0.1, -0.05) is 30.7 Å². The van der Waals surface area contributed by atoms with Crippen molar-refractivity contribution in [3.05, 3.63) is 62.9 Å². The Hall–Kier alpha value is -2.22. The Labute approximate surface area is 164 Å². The number of hydrazine groups is 1. The summed E-state index contributed by atoms with van der Waals surface area (Å²) in [4.78, 5) is 29.5. The monoisotopic (exact) mass is 405 g/mol. The van der Waals surface area contributed by atoms with Gasteiger partial charge in [-0.25, -0.2) is 4.98 Å². The molecule has 0 aliphatic heterocycles. The van der Waals surface area contributed by atoms with Crippen LogP contribution in [0.15, 0.2) is 41.8 Å². The maximum atomic E-state index is 12.0. The smallest absolute Gasteiger partial charge is 0.269 e. The second-order valence-corrected chi connectivity index (χ2v) is 8.05. The molecular formula is C18H16ClN3O2S2. The van der Waals surface area contributed by atoms with E-state index in [-0.39, 0.29) is 18.2 Å². The standard InChI is InChI=1S/C18H16ClN3O2S2/c1-2-11-3-5-12(6-4-11)17(24)22-21-16(23)9-13-10-25-18(20-13)14-7-8-15(19)26-14/h3-8,10H,2,9H2,1H3,(H,21,23)(H,22,24). The SMILES string of the molecule is CCc1ccc(C(=O)NNC(=O)Cc2csc(-c3ccc(Cl)s3)n2)cc1. The molecular weight excluding hydrogens is 390 g/mol. The van der Waals surface area contributed by atoms with Gasteiger partial charge in [-0.3, -0.25) is 20.4 Å². The van der Waals surface area contributed by atoms with E-state index in [4.69, 9.17) is 11.6 Å². The second-order valence-electron chi connectivity index (χ2n) is 5.48. The molecule has 3 rings (SSSR count). The minimum atomic E-state index is -0.354. The average molecular weight is 406 g/mol. The first-order valence-electron chi connectivity index (χ1n) is 7.93. The number of carbonyl (C=O) groups is 2. The summed E-state index contributed by atoms with van der Waals surface area (Å²) in [7, 11) is 0. The number of benzene rings is 1. The normalized spacial score (nSPS) is 10.5. The Bertz CT molecular complexity index is 919.